The quantitative estimate of drug-likeness (QED) is 0.682. The number of rotatable bonds is 3. The average Bonchev–Trinajstić information content (AvgIpc) is 2.77. The van der Waals surface area contributed by atoms with Gasteiger partial charge in [-0.05, 0) is 48.2 Å². The van der Waals surface area contributed by atoms with Crippen LogP contribution in [-0.4, -0.2) is 6.10 Å². The molecule has 104 valence electrons. The number of hydrogen-bond acceptors (Lipinski definition) is 1. The Hall–Kier alpha value is -0.990. The van der Waals surface area contributed by atoms with Gasteiger partial charge in [-0.3, -0.25) is 0 Å². The molecule has 0 N–H and O–H groups in total. The molecule has 1 nitrogen and oxygen atoms in total. The zero-order chi connectivity index (χ0) is 14.1. The van der Waals surface area contributed by atoms with Crippen LogP contribution in [0.4, 0.5) is 0 Å². The van der Waals surface area contributed by atoms with E-state index in [9.17, 15) is 0 Å². The van der Waals surface area contributed by atoms with Crippen molar-refractivity contribution < 1.29 is 4.74 Å². The molecule has 0 fully saturated rings. The summed E-state index contributed by atoms with van der Waals surface area (Å²) in [6.45, 7) is 2.10. The summed E-state index contributed by atoms with van der Waals surface area (Å²) < 4.78 is 6.82. The van der Waals surface area contributed by atoms with Crippen LogP contribution in [0.25, 0.3) is 0 Å². The Kier molecular flexibility index (Phi) is 4.04. The third-order valence-electron chi connectivity index (χ3n) is 3.59. The second kappa shape index (κ2) is 5.79. The van der Waals surface area contributed by atoms with Crippen LogP contribution in [0.2, 0.25) is 0 Å². The van der Waals surface area contributed by atoms with Crippen LogP contribution < -0.4 is 4.74 Å². The number of alkyl halides is 1. The van der Waals surface area contributed by atoms with Gasteiger partial charge in [-0.2, -0.15) is 0 Å². The van der Waals surface area contributed by atoms with E-state index in [2.05, 4.69) is 47.1 Å². The van der Waals surface area contributed by atoms with Gasteiger partial charge in [0, 0.05) is 10.9 Å². The summed E-state index contributed by atoms with van der Waals surface area (Å²) >= 11 is 10.1. The molecule has 2 aromatic carbocycles. The van der Waals surface area contributed by atoms with Gasteiger partial charge in [0.2, 0.25) is 0 Å². The molecule has 2 unspecified atom stereocenters. The molecule has 0 aliphatic carbocycles. The van der Waals surface area contributed by atoms with E-state index >= 15 is 0 Å². The maximum absolute atomic E-state index is 6.58. The lowest BCUT2D eigenvalue weighted by Crippen LogP contribution is -2.05. The average molecular weight is 352 g/mol. The monoisotopic (exact) mass is 350 g/mol. The van der Waals surface area contributed by atoms with Crippen molar-refractivity contribution in [3.8, 4) is 5.75 Å². The number of ether oxygens (including phenoxy) is 1. The first-order valence-electron chi connectivity index (χ1n) is 6.80. The van der Waals surface area contributed by atoms with Gasteiger partial charge in [0.1, 0.15) is 11.9 Å². The van der Waals surface area contributed by atoms with Gasteiger partial charge >= 0.3 is 0 Å². The minimum atomic E-state index is -0.00879. The molecule has 0 radical (unpaired) electrons. The van der Waals surface area contributed by atoms with E-state index in [1.165, 1.54) is 16.7 Å². The van der Waals surface area contributed by atoms with Crippen molar-refractivity contribution in [2.75, 3.05) is 0 Å². The normalized spacial score (nSPS) is 18.4. The molecule has 1 aliphatic rings. The molecule has 2 aromatic rings. The molecular formula is C17H16BrClO. The van der Waals surface area contributed by atoms with Gasteiger partial charge in [0.25, 0.3) is 0 Å². The van der Waals surface area contributed by atoms with Crippen molar-refractivity contribution >= 4 is 27.5 Å². The van der Waals surface area contributed by atoms with Crippen molar-refractivity contribution in [1.29, 1.82) is 0 Å². The fourth-order valence-electron chi connectivity index (χ4n) is 2.63. The topological polar surface area (TPSA) is 9.23 Å². The van der Waals surface area contributed by atoms with Crippen molar-refractivity contribution in [2.24, 2.45) is 0 Å². The first kappa shape index (κ1) is 14.0. The van der Waals surface area contributed by atoms with Gasteiger partial charge in [0.05, 0.1) is 5.38 Å². The molecule has 3 rings (SSSR count). The summed E-state index contributed by atoms with van der Waals surface area (Å²) in [6.07, 6.45) is 2.08. The Morgan fingerprint density at radius 2 is 2.15 bits per heavy atom. The summed E-state index contributed by atoms with van der Waals surface area (Å²) in [6, 6.07) is 14.6. The zero-order valence-electron chi connectivity index (χ0n) is 11.3. The SMILES string of the molecule is CC1Cc2cc(C(Cl)Cc3cccc(Br)c3)ccc2O1. The van der Waals surface area contributed by atoms with Crippen LogP contribution in [-0.2, 0) is 12.8 Å². The van der Waals surface area contributed by atoms with Crippen molar-refractivity contribution in [1.82, 2.24) is 0 Å². The Morgan fingerprint density at radius 1 is 1.30 bits per heavy atom. The lowest BCUT2D eigenvalue weighted by molar-refractivity contribution is 0.254. The van der Waals surface area contributed by atoms with E-state index in [1.807, 2.05) is 18.2 Å². The predicted octanol–water partition coefficient (Wildman–Crippen LogP) is 5.30. The molecule has 0 aromatic heterocycles. The van der Waals surface area contributed by atoms with Crippen molar-refractivity contribution in [2.45, 2.75) is 31.2 Å². The number of halogens is 2. The van der Waals surface area contributed by atoms with Crippen LogP contribution in [0.15, 0.2) is 46.9 Å². The molecule has 0 bridgehead atoms. The zero-order valence-corrected chi connectivity index (χ0v) is 13.6. The van der Waals surface area contributed by atoms with Gasteiger partial charge in [-0.15, -0.1) is 11.6 Å². The lowest BCUT2D eigenvalue weighted by atomic mass is 10.0. The van der Waals surface area contributed by atoms with E-state index in [0.29, 0.717) is 0 Å². The van der Waals surface area contributed by atoms with E-state index in [4.69, 9.17) is 16.3 Å². The van der Waals surface area contributed by atoms with Crippen LogP contribution in [0.3, 0.4) is 0 Å². The van der Waals surface area contributed by atoms with Crippen LogP contribution in [0.1, 0.15) is 29.0 Å². The first-order valence-corrected chi connectivity index (χ1v) is 8.03. The molecule has 0 amide bonds. The van der Waals surface area contributed by atoms with Crippen LogP contribution >= 0.6 is 27.5 Å². The highest BCUT2D eigenvalue weighted by atomic mass is 79.9. The Labute approximate surface area is 133 Å². The predicted molar refractivity (Wildman–Crippen MR) is 86.7 cm³/mol. The highest BCUT2D eigenvalue weighted by Crippen LogP contribution is 2.34. The molecule has 1 aliphatic heterocycles. The molecule has 3 heteroatoms. The lowest BCUT2D eigenvalue weighted by Gasteiger charge is -2.11. The molecule has 1 heterocycles. The van der Waals surface area contributed by atoms with Gasteiger partial charge in [0.15, 0.2) is 0 Å². The second-order valence-corrected chi connectivity index (χ2v) is 6.74. The van der Waals surface area contributed by atoms with E-state index in [1.54, 1.807) is 0 Å². The van der Waals surface area contributed by atoms with Gasteiger partial charge in [-0.1, -0.05) is 40.2 Å². The van der Waals surface area contributed by atoms with Crippen LogP contribution in [0.5, 0.6) is 5.75 Å². The molecule has 2 atom stereocenters. The largest absolute Gasteiger partial charge is 0.490 e. The van der Waals surface area contributed by atoms with Crippen LogP contribution in [0, 0.1) is 0 Å². The highest BCUT2D eigenvalue weighted by molar-refractivity contribution is 9.10. The summed E-state index contributed by atoms with van der Waals surface area (Å²) in [4.78, 5) is 0. The fraction of sp³-hybridized carbons (Fsp3) is 0.294. The molecule has 20 heavy (non-hydrogen) atoms. The number of fused-ring (bicyclic) bond motifs is 1. The maximum Gasteiger partial charge on any atom is 0.123 e. The molecule has 0 spiro atoms. The summed E-state index contributed by atoms with van der Waals surface area (Å²) in [5, 5.41) is -0.00879. The Bertz CT molecular complexity index is 626. The molecule has 0 saturated carbocycles. The van der Waals surface area contributed by atoms with Gasteiger partial charge < -0.3 is 4.74 Å². The minimum Gasteiger partial charge on any atom is -0.490 e. The fourth-order valence-corrected chi connectivity index (χ4v) is 3.39. The Balaban J connectivity index is 1.78. The number of hydrogen-bond donors (Lipinski definition) is 0. The minimum absolute atomic E-state index is 0.00879. The smallest absolute Gasteiger partial charge is 0.123 e. The summed E-state index contributed by atoms with van der Waals surface area (Å²) in [5.74, 6) is 1.01. The van der Waals surface area contributed by atoms with E-state index in [0.717, 1.165) is 23.1 Å². The third kappa shape index (κ3) is 3.02. The van der Waals surface area contributed by atoms with Gasteiger partial charge in [-0.25, -0.2) is 0 Å². The Morgan fingerprint density at radius 3 is 2.95 bits per heavy atom. The van der Waals surface area contributed by atoms with Crippen molar-refractivity contribution in [3.63, 3.8) is 0 Å². The number of benzene rings is 2. The first-order chi connectivity index (χ1) is 9.61. The summed E-state index contributed by atoms with van der Waals surface area (Å²) in [5.41, 5.74) is 3.68. The molecule has 0 saturated heterocycles. The van der Waals surface area contributed by atoms with E-state index < -0.39 is 0 Å². The highest BCUT2D eigenvalue weighted by Gasteiger charge is 2.20. The second-order valence-electron chi connectivity index (χ2n) is 5.30. The van der Waals surface area contributed by atoms with E-state index in [-0.39, 0.29) is 11.5 Å². The standard InChI is InChI=1S/C17H16BrClO/c1-11-7-14-10-13(5-6-17(14)20-11)16(19)9-12-3-2-4-15(18)8-12/h2-6,8,10-11,16H,7,9H2,1H3. The maximum atomic E-state index is 6.58. The van der Waals surface area contributed by atoms with Crippen molar-refractivity contribution in [3.05, 3.63) is 63.6 Å². The third-order valence-corrected chi connectivity index (χ3v) is 4.49. The molecular weight excluding hydrogens is 336 g/mol. The summed E-state index contributed by atoms with van der Waals surface area (Å²) in [7, 11) is 0.